The molecule has 9 heteroatoms. The molecule has 0 radical (unpaired) electrons. The highest BCUT2D eigenvalue weighted by atomic mass is 32.1. The normalized spacial score (nSPS) is 13.2. The maximum atomic E-state index is 12.9. The van der Waals surface area contributed by atoms with Gasteiger partial charge < -0.3 is 10.4 Å². The van der Waals surface area contributed by atoms with Crippen LogP contribution in [0.4, 0.5) is 13.2 Å². The molecular formula is C13H17F3N2O3S. The van der Waals surface area contributed by atoms with Crippen LogP contribution in [0.5, 0.6) is 0 Å². The Morgan fingerprint density at radius 1 is 1.41 bits per heavy atom. The molecule has 0 fully saturated rings. The number of carbonyl (C=O) groups excluding carboxylic acids is 1. The summed E-state index contributed by atoms with van der Waals surface area (Å²) in [5.74, 6) is -1.42. The highest BCUT2D eigenvalue weighted by Gasteiger charge is 2.35. The van der Waals surface area contributed by atoms with Crippen LogP contribution < -0.4 is 5.32 Å². The number of aliphatic carboxylic acids is 1. The van der Waals surface area contributed by atoms with Gasteiger partial charge in [0, 0.05) is 31.9 Å². The first kappa shape index (κ1) is 18.4. The third-order valence-corrected chi connectivity index (χ3v) is 3.89. The smallest absolute Gasteiger partial charge is 0.417 e. The van der Waals surface area contributed by atoms with Gasteiger partial charge in [0.25, 0.3) is 0 Å². The number of halogens is 3. The van der Waals surface area contributed by atoms with E-state index in [2.05, 4.69) is 5.32 Å². The lowest BCUT2D eigenvalue weighted by Gasteiger charge is -2.26. The van der Waals surface area contributed by atoms with Crippen molar-refractivity contribution < 1.29 is 27.9 Å². The second-order valence-corrected chi connectivity index (χ2v) is 5.52. The Kier molecular flexibility index (Phi) is 6.36. The number of hydrogen-bond acceptors (Lipinski definition) is 4. The number of nitrogens with one attached hydrogen (secondary N) is 1. The summed E-state index contributed by atoms with van der Waals surface area (Å²) >= 11 is 0.920. The maximum absolute atomic E-state index is 12.9. The minimum atomic E-state index is -4.47. The molecular weight excluding hydrogens is 321 g/mol. The maximum Gasteiger partial charge on any atom is 0.417 e. The zero-order chi connectivity index (χ0) is 16.9. The molecule has 1 atom stereocenters. The lowest BCUT2D eigenvalue weighted by Crippen LogP contribution is -2.43. The van der Waals surface area contributed by atoms with E-state index in [1.807, 2.05) is 0 Å². The fourth-order valence-electron chi connectivity index (χ4n) is 1.85. The number of alkyl halides is 3. The van der Waals surface area contributed by atoms with Crippen molar-refractivity contribution in [2.45, 2.75) is 32.6 Å². The molecule has 0 aliphatic heterocycles. The second kappa shape index (κ2) is 7.59. The summed E-state index contributed by atoms with van der Waals surface area (Å²) in [6.45, 7) is 2.87. The molecule has 1 rings (SSSR count). The van der Waals surface area contributed by atoms with Gasteiger partial charge in [0.1, 0.15) is 6.04 Å². The Morgan fingerprint density at radius 3 is 2.55 bits per heavy atom. The molecule has 5 nitrogen and oxygen atoms in total. The average molecular weight is 338 g/mol. The third-order valence-electron chi connectivity index (χ3n) is 3.10. The lowest BCUT2D eigenvalue weighted by molar-refractivity contribution is -0.143. The van der Waals surface area contributed by atoms with E-state index in [9.17, 15) is 22.8 Å². The van der Waals surface area contributed by atoms with Crippen molar-refractivity contribution in [3.05, 3.63) is 21.9 Å². The van der Waals surface area contributed by atoms with Gasteiger partial charge in [0.05, 0.1) is 5.56 Å². The van der Waals surface area contributed by atoms with Gasteiger partial charge in [-0.15, -0.1) is 0 Å². The van der Waals surface area contributed by atoms with Crippen LogP contribution in [0.2, 0.25) is 0 Å². The molecule has 0 aliphatic rings. The first-order chi connectivity index (χ1) is 10.1. The summed E-state index contributed by atoms with van der Waals surface area (Å²) < 4.78 is 38.6. The highest BCUT2D eigenvalue weighted by molar-refractivity contribution is 7.08. The SMILES string of the molecule is CC(=O)NCCN(Cc1cscc1C(F)(F)F)C(C)C(=O)O. The van der Waals surface area contributed by atoms with Crippen LogP contribution >= 0.6 is 11.3 Å². The number of rotatable bonds is 7. The zero-order valence-electron chi connectivity index (χ0n) is 12.1. The second-order valence-electron chi connectivity index (χ2n) is 4.78. The van der Waals surface area contributed by atoms with E-state index in [-0.39, 0.29) is 31.1 Å². The molecule has 1 aromatic rings. The molecule has 1 amide bonds. The fraction of sp³-hybridized carbons (Fsp3) is 0.538. The van der Waals surface area contributed by atoms with E-state index >= 15 is 0 Å². The largest absolute Gasteiger partial charge is 0.480 e. The van der Waals surface area contributed by atoms with Gasteiger partial charge in [0.15, 0.2) is 0 Å². The van der Waals surface area contributed by atoms with Crippen LogP contribution in [-0.2, 0) is 22.3 Å². The molecule has 0 saturated carbocycles. The Bertz CT molecular complexity index is 531. The first-order valence-corrected chi connectivity index (χ1v) is 7.40. The van der Waals surface area contributed by atoms with Crippen LogP contribution in [-0.4, -0.2) is 41.0 Å². The number of hydrogen-bond donors (Lipinski definition) is 2. The predicted molar refractivity (Wildman–Crippen MR) is 75.5 cm³/mol. The zero-order valence-corrected chi connectivity index (χ0v) is 12.9. The van der Waals surface area contributed by atoms with Crippen LogP contribution in [0.1, 0.15) is 25.0 Å². The van der Waals surface area contributed by atoms with Gasteiger partial charge in [-0.05, 0) is 17.9 Å². The summed E-state index contributed by atoms with van der Waals surface area (Å²) in [5.41, 5.74) is -0.715. The van der Waals surface area contributed by atoms with Gasteiger partial charge in [-0.3, -0.25) is 14.5 Å². The highest BCUT2D eigenvalue weighted by Crippen LogP contribution is 2.34. The summed E-state index contributed by atoms with van der Waals surface area (Å²) in [7, 11) is 0. The standard InChI is InChI=1S/C13H17F3N2O3S/c1-8(12(20)21)18(4-3-17-9(2)19)5-10-6-22-7-11(10)13(14,15)16/h6-8H,3-5H2,1-2H3,(H,17,19)(H,20,21). The van der Waals surface area contributed by atoms with E-state index in [4.69, 9.17) is 5.11 Å². The molecule has 0 bridgehead atoms. The topological polar surface area (TPSA) is 69.6 Å². The fourth-order valence-corrected chi connectivity index (χ4v) is 2.71. The molecule has 124 valence electrons. The van der Waals surface area contributed by atoms with Crippen molar-refractivity contribution in [3.63, 3.8) is 0 Å². The van der Waals surface area contributed by atoms with E-state index in [0.29, 0.717) is 0 Å². The summed E-state index contributed by atoms with van der Waals surface area (Å²) in [5, 5.41) is 13.9. The van der Waals surface area contributed by atoms with Crippen molar-refractivity contribution in [2.75, 3.05) is 13.1 Å². The monoisotopic (exact) mass is 338 g/mol. The Labute approximate surface area is 129 Å². The number of carboxylic acid groups (broad SMARTS) is 1. The summed E-state index contributed by atoms with van der Waals surface area (Å²) in [6.07, 6.45) is -4.47. The van der Waals surface area contributed by atoms with Gasteiger partial charge in [-0.25, -0.2) is 0 Å². The van der Waals surface area contributed by atoms with Gasteiger partial charge in [-0.2, -0.15) is 24.5 Å². The molecule has 0 spiro atoms. The molecule has 0 aliphatic carbocycles. The summed E-state index contributed by atoms with van der Waals surface area (Å²) in [6, 6.07) is -0.963. The third kappa shape index (κ3) is 5.30. The van der Waals surface area contributed by atoms with Crippen LogP contribution in [0, 0.1) is 0 Å². The minimum absolute atomic E-state index is 0.0356. The van der Waals surface area contributed by atoms with Crippen molar-refractivity contribution in [1.29, 1.82) is 0 Å². The number of carbonyl (C=O) groups is 2. The number of thiophene rings is 1. The number of carboxylic acids is 1. The van der Waals surface area contributed by atoms with E-state index in [1.54, 1.807) is 0 Å². The predicted octanol–water partition coefficient (Wildman–Crippen LogP) is 2.18. The molecule has 1 heterocycles. The molecule has 2 N–H and O–H groups in total. The van der Waals surface area contributed by atoms with E-state index in [0.717, 1.165) is 16.7 Å². The van der Waals surface area contributed by atoms with Crippen molar-refractivity contribution in [3.8, 4) is 0 Å². The quantitative estimate of drug-likeness (QED) is 0.799. The number of nitrogens with zero attached hydrogens (tertiary/aromatic N) is 1. The van der Waals surface area contributed by atoms with Crippen molar-refractivity contribution in [1.82, 2.24) is 10.2 Å². The van der Waals surface area contributed by atoms with Crippen molar-refractivity contribution >= 4 is 23.2 Å². The van der Waals surface area contributed by atoms with E-state index in [1.165, 1.54) is 24.1 Å². The van der Waals surface area contributed by atoms with Crippen LogP contribution in [0.25, 0.3) is 0 Å². The number of amides is 1. The molecule has 1 unspecified atom stereocenters. The molecule has 0 aromatic carbocycles. The van der Waals surface area contributed by atoms with Crippen molar-refractivity contribution in [2.24, 2.45) is 0 Å². The average Bonchev–Trinajstić information content (AvgIpc) is 2.84. The molecule has 1 aromatic heterocycles. The lowest BCUT2D eigenvalue weighted by atomic mass is 10.1. The first-order valence-electron chi connectivity index (χ1n) is 6.46. The van der Waals surface area contributed by atoms with Gasteiger partial charge >= 0.3 is 12.1 Å². The Balaban J connectivity index is 2.86. The molecule has 0 saturated heterocycles. The van der Waals surface area contributed by atoms with E-state index < -0.39 is 23.8 Å². The minimum Gasteiger partial charge on any atom is -0.480 e. The van der Waals surface area contributed by atoms with Crippen LogP contribution in [0.3, 0.4) is 0 Å². The summed E-state index contributed by atoms with van der Waals surface area (Å²) in [4.78, 5) is 23.3. The van der Waals surface area contributed by atoms with Gasteiger partial charge in [0.2, 0.25) is 5.91 Å². The Morgan fingerprint density at radius 2 is 2.05 bits per heavy atom. The van der Waals surface area contributed by atoms with Gasteiger partial charge in [-0.1, -0.05) is 0 Å². The molecule has 22 heavy (non-hydrogen) atoms. The Hall–Kier alpha value is -1.61. The van der Waals surface area contributed by atoms with Crippen LogP contribution in [0.15, 0.2) is 10.8 Å².